The summed E-state index contributed by atoms with van der Waals surface area (Å²) in [6, 6.07) is 0. The molecule has 1 saturated heterocycles. The largest absolute Gasteiger partial charge is 0.490 e. The summed E-state index contributed by atoms with van der Waals surface area (Å²) in [6.07, 6.45) is -3.88. The van der Waals surface area contributed by atoms with Crippen LogP contribution in [0.3, 0.4) is 0 Å². The predicted molar refractivity (Wildman–Crippen MR) is 132 cm³/mol. The molecule has 0 bridgehead atoms. The maximum absolute atomic E-state index is 16.4. The van der Waals surface area contributed by atoms with E-state index in [9.17, 15) is 33.4 Å². The van der Waals surface area contributed by atoms with E-state index in [2.05, 4.69) is 13.6 Å². The van der Waals surface area contributed by atoms with E-state index in [4.69, 9.17) is 24.8 Å². The number of ether oxygens (including phenoxy) is 1. The van der Waals surface area contributed by atoms with Gasteiger partial charge in [0.25, 0.3) is 0 Å². The minimum atomic E-state index is -5.77. The third-order valence-corrected chi connectivity index (χ3v) is 9.85. The Hall–Kier alpha value is -0.860. The molecule has 1 amide bonds. The quantitative estimate of drug-likeness (QED) is 0.0715. The third kappa shape index (κ3) is 10.3. The van der Waals surface area contributed by atoms with Crippen LogP contribution in [0, 0.1) is 5.92 Å². The molecule has 0 aliphatic carbocycles. The van der Waals surface area contributed by atoms with Gasteiger partial charge in [0.05, 0.1) is 12.2 Å². The number of aliphatic hydroxyl groups is 1. The maximum Gasteiger partial charge on any atom is 0.490 e. The van der Waals surface area contributed by atoms with Gasteiger partial charge in [0, 0.05) is 13.3 Å². The highest BCUT2D eigenvalue weighted by Crippen LogP contribution is 2.66. The fraction of sp³-hybridized carbons (Fsp3) is 0.789. The highest BCUT2D eigenvalue weighted by Gasteiger charge is 2.61. The van der Waals surface area contributed by atoms with Crippen molar-refractivity contribution in [1.82, 2.24) is 0 Å². The summed E-state index contributed by atoms with van der Waals surface area (Å²) in [6.45, 7) is 7.35. The number of carbonyl (C=O) groups excluding carboxylic acids is 1. The summed E-state index contributed by atoms with van der Waals surface area (Å²) in [5, 5.41) is 10.9. The van der Waals surface area contributed by atoms with E-state index < -0.39 is 65.4 Å². The van der Waals surface area contributed by atoms with Crippen LogP contribution in [-0.4, -0.2) is 66.5 Å². The number of hydrogen-bond acceptors (Lipinski definition) is 9. The average molecular weight is 612 g/mol. The van der Waals surface area contributed by atoms with Crippen molar-refractivity contribution in [3.05, 3.63) is 11.6 Å². The summed E-state index contributed by atoms with van der Waals surface area (Å²) < 4.78 is 68.9. The van der Waals surface area contributed by atoms with Gasteiger partial charge in [-0.25, -0.2) is 23.1 Å². The Kier molecular flexibility index (Phi) is 12.6. The van der Waals surface area contributed by atoms with Crippen molar-refractivity contribution < 1.29 is 65.4 Å². The van der Waals surface area contributed by atoms with Gasteiger partial charge in [-0.05, 0) is 25.7 Å². The number of halogens is 1. The molecule has 0 saturated carbocycles. The van der Waals surface area contributed by atoms with E-state index in [1.165, 1.54) is 6.92 Å². The molecule has 0 aromatic heterocycles. The zero-order chi connectivity index (χ0) is 29.7. The molecule has 0 radical (unpaired) electrons. The Balaban J connectivity index is 3.18. The smallest absolute Gasteiger partial charge is 0.387 e. The Labute approximate surface area is 219 Å². The average Bonchev–Trinajstić information content (AvgIpc) is 2.98. The van der Waals surface area contributed by atoms with Crippen molar-refractivity contribution >= 4 is 35.2 Å². The molecule has 8 atom stereocenters. The SMILES string of the molecule is CCC(=CCC(N)=NC(C)=O)CC1OC(C(C)OP(=O)(O)OP(=O)(O)OP(=O)(O)O)C(O)C1(F)C(C)CC. The highest BCUT2D eigenvalue weighted by atomic mass is 31.3. The van der Waals surface area contributed by atoms with E-state index >= 15 is 4.39 Å². The van der Waals surface area contributed by atoms with Crippen LogP contribution >= 0.6 is 23.5 Å². The van der Waals surface area contributed by atoms with E-state index in [0.29, 0.717) is 12.0 Å². The number of carbonyl (C=O) groups is 1. The molecule has 38 heavy (non-hydrogen) atoms. The van der Waals surface area contributed by atoms with Crippen LogP contribution in [0.4, 0.5) is 4.39 Å². The first kappa shape index (κ1) is 35.2. The molecule has 1 aliphatic heterocycles. The number of rotatable bonds is 14. The van der Waals surface area contributed by atoms with Gasteiger partial charge in [-0.1, -0.05) is 38.8 Å². The van der Waals surface area contributed by atoms with Crippen LogP contribution in [0.2, 0.25) is 0 Å². The predicted octanol–water partition coefficient (Wildman–Crippen LogP) is 2.62. The van der Waals surface area contributed by atoms with Crippen molar-refractivity contribution in [2.24, 2.45) is 16.6 Å². The molecule has 0 spiro atoms. The molecule has 19 heteroatoms. The van der Waals surface area contributed by atoms with Crippen LogP contribution in [0.5, 0.6) is 0 Å². The van der Waals surface area contributed by atoms with Crippen molar-refractivity contribution in [2.45, 2.75) is 90.4 Å². The van der Waals surface area contributed by atoms with Crippen LogP contribution in [0.25, 0.3) is 0 Å². The second kappa shape index (κ2) is 13.7. The third-order valence-electron chi connectivity index (χ3n) is 5.93. The van der Waals surface area contributed by atoms with Crippen LogP contribution in [0.1, 0.15) is 60.3 Å². The zero-order valence-corrected chi connectivity index (χ0v) is 24.2. The normalized spacial score (nSPS) is 29.9. The first-order valence-corrected chi connectivity index (χ1v) is 16.1. The maximum atomic E-state index is 16.4. The molecule has 0 aromatic rings. The lowest BCUT2D eigenvalue weighted by Gasteiger charge is -2.34. The lowest BCUT2D eigenvalue weighted by atomic mass is 9.77. The number of phosphoric acid groups is 3. The number of aliphatic hydroxyl groups excluding tert-OH is 1. The molecule has 8 unspecified atom stereocenters. The molecule has 15 nitrogen and oxygen atoms in total. The summed E-state index contributed by atoms with van der Waals surface area (Å²) in [4.78, 5) is 51.2. The number of aliphatic imine (C=N–C) groups is 1. The van der Waals surface area contributed by atoms with Crippen molar-refractivity contribution in [1.29, 1.82) is 0 Å². The van der Waals surface area contributed by atoms with E-state index in [0.717, 1.165) is 6.92 Å². The summed E-state index contributed by atoms with van der Waals surface area (Å²) in [7, 11) is -16.9. The van der Waals surface area contributed by atoms with Crippen molar-refractivity contribution in [2.75, 3.05) is 0 Å². The molecular weight excluding hydrogens is 576 g/mol. The number of amidine groups is 1. The first-order valence-electron chi connectivity index (χ1n) is 11.5. The molecule has 1 aliphatic rings. The van der Waals surface area contributed by atoms with Crippen molar-refractivity contribution in [3.63, 3.8) is 0 Å². The summed E-state index contributed by atoms with van der Waals surface area (Å²) in [5.41, 5.74) is 4.00. The summed E-state index contributed by atoms with van der Waals surface area (Å²) in [5.74, 6) is -1.19. The number of alkyl halides is 1. The van der Waals surface area contributed by atoms with Gasteiger partial charge in [-0.15, -0.1) is 0 Å². The van der Waals surface area contributed by atoms with Gasteiger partial charge in [-0.2, -0.15) is 8.62 Å². The highest BCUT2D eigenvalue weighted by molar-refractivity contribution is 7.66. The Morgan fingerprint density at radius 2 is 1.74 bits per heavy atom. The molecule has 222 valence electrons. The minimum Gasteiger partial charge on any atom is -0.387 e. The minimum absolute atomic E-state index is 0.0276. The molecule has 1 rings (SSSR count). The number of phosphoric ester groups is 1. The van der Waals surface area contributed by atoms with E-state index in [-0.39, 0.29) is 25.1 Å². The first-order chi connectivity index (χ1) is 17.2. The summed E-state index contributed by atoms with van der Waals surface area (Å²) >= 11 is 0. The van der Waals surface area contributed by atoms with Crippen LogP contribution in [0.15, 0.2) is 16.6 Å². The number of amides is 1. The van der Waals surface area contributed by atoms with E-state index in [1.807, 2.05) is 0 Å². The van der Waals surface area contributed by atoms with Crippen LogP contribution in [-0.2, 0) is 36.4 Å². The standard InChI is InChI=1S/C19H36FN2O13P3/c1-6-11(3)19(20)15(10-14(7-2)8-9-16(21)22-13(5)23)32-17(18(19)24)12(4)33-37(28,29)35-38(30,31)34-36(25,26)27/h8,11-12,15,17-18,24H,6-7,9-10H2,1-5H3,(H,28,29)(H,30,31)(H2,21,22,23)(H2,25,26,27). The van der Waals surface area contributed by atoms with Gasteiger partial charge in [0.15, 0.2) is 5.67 Å². The van der Waals surface area contributed by atoms with Gasteiger partial charge in [0.1, 0.15) is 18.0 Å². The second-order valence-electron chi connectivity index (χ2n) is 8.82. The lowest BCUT2D eigenvalue weighted by molar-refractivity contribution is -0.115. The fourth-order valence-electron chi connectivity index (χ4n) is 3.98. The number of hydrogen-bond donors (Lipinski definition) is 6. The Morgan fingerprint density at radius 1 is 1.16 bits per heavy atom. The van der Waals surface area contributed by atoms with Gasteiger partial charge in [0.2, 0.25) is 5.91 Å². The topological polar surface area (TPSA) is 245 Å². The number of nitrogens with two attached hydrogens (primary N) is 1. The molecular formula is C19H36FN2O13P3. The molecule has 1 fully saturated rings. The Bertz CT molecular complexity index is 1050. The van der Waals surface area contributed by atoms with Crippen molar-refractivity contribution in [3.8, 4) is 0 Å². The molecule has 7 N–H and O–H groups in total. The van der Waals surface area contributed by atoms with Gasteiger partial charge < -0.3 is 35.2 Å². The second-order valence-corrected chi connectivity index (χ2v) is 13.2. The van der Waals surface area contributed by atoms with Crippen LogP contribution < -0.4 is 5.73 Å². The van der Waals surface area contributed by atoms with Gasteiger partial charge >= 0.3 is 23.5 Å². The lowest BCUT2D eigenvalue weighted by Crippen LogP contribution is -2.50. The van der Waals surface area contributed by atoms with Gasteiger partial charge in [-0.3, -0.25) is 9.32 Å². The number of nitrogens with zero attached hydrogens (tertiary/aromatic N) is 1. The monoisotopic (exact) mass is 612 g/mol. The Morgan fingerprint density at radius 3 is 2.21 bits per heavy atom. The molecule has 0 aromatic carbocycles. The molecule has 1 heterocycles. The fourth-order valence-corrected chi connectivity index (χ4v) is 7.18. The van der Waals surface area contributed by atoms with E-state index in [1.54, 1.807) is 26.8 Å². The zero-order valence-electron chi connectivity index (χ0n) is 21.5.